The largest absolute Gasteiger partial charge is 0.497 e. The van der Waals surface area contributed by atoms with Crippen LogP contribution in [0.2, 0.25) is 0 Å². The number of esters is 1. The van der Waals surface area contributed by atoms with Gasteiger partial charge in [-0.2, -0.15) is 0 Å². The molecule has 2 amide bonds. The van der Waals surface area contributed by atoms with Crippen LogP contribution < -0.4 is 9.64 Å². The average Bonchev–Trinajstić information content (AvgIpc) is 3.13. The lowest BCUT2D eigenvalue weighted by atomic mass is 9.75. The van der Waals surface area contributed by atoms with Crippen molar-refractivity contribution < 1.29 is 33.7 Å². The molecule has 1 aromatic rings. The number of rotatable bonds is 6. The fourth-order valence-corrected chi connectivity index (χ4v) is 6.50. The Morgan fingerprint density at radius 3 is 2.46 bits per heavy atom. The van der Waals surface area contributed by atoms with Crippen LogP contribution in [0.25, 0.3) is 0 Å². The third kappa shape index (κ3) is 3.87. The Morgan fingerprint density at radius 1 is 1.08 bits per heavy atom. The summed E-state index contributed by atoms with van der Waals surface area (Å²) in [6.07, 6.45) is 7.59. The second kappa shape index (κ2) is 9.29. The number of likely N-dealkylation sites (tertiary alicyclic amines) is 1. The van der Waals surface area contributed by atoms with Gasteiger partial charge in [-0.15, -0.1) is 0 Å². The summed E-state index contributed by atoms with van der Waals surface area (Å²) in [4.78, 5) is 45.0. The van der Waals surface area contributed by atoms with Crippen molar-refractivity contribution in [3.05, 3.63) is 48.6 Å². The first-order valence-corrected chi connectivity index (χ1v) is 12.8. The van der Waals surface area contributed by atoms with Gasteiger partial charge in [-0.25, -0.2) is 0 Å². The molecule has 4 aliphatic rings. The molecule has 0 saturated carbocycles. The molecule has 9 nitrogen and oxygen atoms in total. The topological polar surface area (TPSA) is 106 Å². The molecule has 5 rings (SSSR count). The highest BCUT2D eigenvalue weighted by atomic mass is 16.6. The maximum absolute atomic E-state index is 14.4. The zero-order chi connectivity index (χ0) is 26.5. The molecule has 9 heteroatoms. The minimum absolute atomic E-state index is 0.0992. The number of nitrogens with zero attached hydrogens (tertiary/aromatic N) is 2. The van der Waals surface area contributed by atoms with E-state index < -0.39 is 41.1 Å². The van der Waals surface area contributed by atoms with Crippen molar-refractivity contribution in [3.8, 4) is 5.75 Å². The first-order valence-electron chi connectivity index (χ1n) is 12.8. The summed E-state index contributed by atoms with van der Waals surface area (Å²) < 4.78 is 17.4. The molecule has 0 bridgehead atoms. The first-order chi connectivity index (χ1) is 17.7. The van der Waals surface area contributed by atoms with Gasteiger partial charge < -0.3 is 29.1 Å². The highest BCUT2D eigenvalue weighted by Crippen LogP contribution is 2.58. The zero-order valence-electron chi connectivity index (χ0n) is 21.6. The summed E-state index contributed by atoms with van der Waals surface area (Å²) in [5.41, 5.74) is -1.87. The number of carbonyl (C=O) groups excluding carboxylic acids is 3. The van der Waals surface area contributed by atoms with Gasteiger partial charge in [0.1, 0.15) is 29.9 Å². The average molecular weight is 511 g/mol. The summed E-state index contributed by atoms with van der Waals surface area (Å²) in [5.74, 6) is -2.29. The van der Waals surface area contributed by atoms with Gasteiger partial charge >= 0.3 is 5.97 Å². The van der Waals surface area contributed by atoms with Gasteiger partial charge in [0.15, 0.2) is 0 Å². The van der Waals surface area contributed by atoms with Gasteiger partial charge in [-0.3, -0.25) is 14.4 Å². The van der Waals surface area contributed by atoms with E-state index in [1.54, 1.807) is 61.4 Å². The molecule has 2 fully saturated rings. The van der Waals surface area contributed by atoms with Crippen molar-refractivity contribution in [1.29, 1.82) is 0 Å². The Labute approximate surface area is 216 Å². The van der Waals surface area contributed by atoms with Crippen LogP contribution in [0.3, 0.4) is 0 Å². The van der Waals surface area contributed by atoms with Crippen LogP contribution in [-0.4, -0.2) is 77.9 Å². The van der Waals surface area contributed by atoms with Gasteiger partial charge in [0.25, 0.3) is 5.91 Å². The minimum atomic E-state index is -1.39. The van der Waals surface area contributed by atoms with E-state index in [4.69, 9.17) is 14.2 Å². The number of cyclic esters (lactones) is 1. The molecule has 0 radical (unpaired) electrons. The summed E-state index contributed by atoms with van der Waals surface area (Å²) in [6, 6.07) is 5.45. The lowest BCUT2D eigenvalue weighted by Gasteiger charge is -2.40. The second-order valence-electron chi connectivity index (χ2n) is 10.8. The van der Waals surface area contributed by atoms with Gasteiger partial charge in [0.05, 0.1) is 31.3 Å². The van der Waals surface area contributed by atoms with E-state index in [0.29, 0.717) is 17.9 Å². The van der Waals surface area contributed by atoms with Gasteiger partial charge in [0.2, 0.25) is 5.91 Å². The number of anilines is 1. The van der Waals surface area contributed by atoms with E-state index in [0.717, 1.165) is 0 Å². The Morgan fingerprint density at radius 2 is 1.81 bits per heavy atom. The number of aliphatic hydroxyl groups excluding tert-OH is 1. The summed E-state index contributed by atoms with van der Waals surface area (Å²) in [5, 5.41) is 10.4. The fourth-order valence-electron chi connectivity index (χ4n) is 6.50. The molecule has 4 aliphatic heterocycles. The van der Waals surface area contributed by atoms with E-state index >= 15 is 0 Å². The number of carbonyl (C=O) groups is 3. The molecule has 1 N–H and O–H groups in total. The third-order valence-electron chi connectivity index (χ3n) is 7.98. The maximum atomic E-state index is 14.4. The van der Waals surface area contributed by atoms with Crippen LogP contribution in [0.15, 0.2) is 48.6 Å². The monoisotopic (exact) mass is 510 g/mol. The van der Waals surface area contributed by atoms with Crippen LogP contribution in [0, 0.1) is 17.8 Å². The molecular formula is C28H34N2O7. The van der Waals surface area contributed by atoms with Crippen molar-refractivity contribution in [3.63, 3.8) is 0 Å². The molecule has 37 heavy (non-hydrogen) atoms. The smallest absolute Gasteiger partial charge is 0.313 e. The quantitative estimate of drug-likeness (QED) is 0.462. The molecule has 0 aliphatic carbocycles. The number of ether oxygens (including phenoxy) is 3. The third-order valence-corrected chi connectivity index (χ3v) is 7.98. The lowest BCUT2D eigenvalue weighted by molar-refractivity contribution is -0.158. The van der Waals surface area contributed by atoms with Gasteiger partial charge in [-0.1, -0.05) is 32.1 Å². The Hall–Kier alpha value is -3.17. The number of fused-ring (bicyclic) bond motifs is 2. The van der Waals surface area contributed by atoms with Gasteiger partial charge in [-0.05, 0) is 49.6 Å². The summed E-state index contributed by atoms with van der Waals surface area (Å²) in [7, 11) is 1.57. The standard InChI is InChI=1S/C28H34N2O7/c1-17(2)15-19(16-31)30-23-25(33)29(18-7-9-20(35-4)10-8-18)13-5-12-28(23)21(24(30)32)22-26(34)36-14-6-11-27(22,3)37-28/h5-12,17,19,21-23,31H,13-16H2,1-4H3/t19-,21+,22-,23?,27+,28+/m1/s1. The Kier molecular flexibility index (Phi) is 6.40. The van der Waals surface area contributed by atoms with Crippen molar-refractivity contribution in [1.82, 2.24) is 4.90 Å². The van der Waals surface area contributed by atoms with Crippen molar-refractivity contribution in [2.75, 3.05) is 31.8 Å². The second-order valence-corrected chi connectivity index (χ2v) is 10.8. The van der Waals surface area contributed by atoms with E-state index in [1.165, 1.54) is 4.90 Å². The van der Waals surface area contributed by atoms with E-state index in [-0.39, 0.29) is 37.5 Å². The molecule has 6 atom stereocenters. The summed E-state index contributed by atoms with van der Waals surface area (Å²) >= 11 is 0. The zero-order valence-corrected chi connectivity index (χ0v) is 21.6. The lowest BCUT2D eigenvalue weighted by Crippen LogP contribution is -2.59. The van der Waals surface area contributed by atoms with Crippen LogP contribution in [0.5, 0.6) is 5.75 Å². The highest BCUT2D eigenvalue weighted by Gasteiger charge is 2.75. The molecular weight excluding hydrogens is 476 g/mol. The number of aliphatic hydroxyl groups is 1. The summed E-state index contributed by atoms with van der Waals surface area (Å²) in [6.45, 7) is 5.82. The Balaban J connectivity index is 1.65. The van der Waals surface area contributed by atoms with Crippen molar-refractivity contribution in [2.45, 2.75) is 50.5 Å². The number of amides is 2. The molecule has 1 spiro atoms. The van der Waals surface area contributed by atoms with Crippen LogP contribution >= 0.6 is 0 Å². The fraction of sp³-hybridized carbons (Fsp3) is 0.536. The number of benzene rings is 1. The highest BCUT2D eigenvalue weighted by molar-refractivity contribution is 6.05. The number of hydrogen-bond acceptors (Lipinski definition) is 7. The van der Waals surface area contributed by atoms with E-state index in [1.807, 2.05) is 19.9 Å². The first kappa shape index (κ1) is 25.5. The number of hydrogen-bond donors (Lipinski definition) is 1. The molecule has 2 saturated heterocycles. The Bertz CT molecular complexity index is 1150. The number of methoxy groups -OCH3 is 1. The molecule has 4 heterocycles. The normalized spacial score (nSPS) is 33.6. The molecule has 1 aromatic carbocycles. The van der Waals surface area contributed by atoms with Crippen LogP contribution in [0.1, 0.15) is 27.2 Å². The minimum Gasteiger partial charge on any atom is -0.497 e. The SMILES string of the molecule is COc1ccc(N2CC=C[C@]34O[C@@]5(C)C=CCOC(=O)[C@H]5[C@H]3C(=O)N([C@@H](CO)CC(C)C)C4C2=O)cc1. The van der Waals surface area contributed by atoms with Crippen molar-refractivity contribution in [2.24, 2.45) is 17.8 Å². The van der Waals surface area contributed by atoms with Crippen molar-refractivity contribution >= 4 is 23.5 Å². The predicted octanol–water partition coefficient (Wildman–Crippen LogP) is 2.09. The van der Waals surface area contributed by atoms with Gasteiger partial charge in [0, 0.05) is 12.2 Å². The van der Waals surface area contributed by atoms with E-state index in [2.05, 4.69) is 0 Å². The van der Waals surface area contributed by atoms with E-state index in [9.17, 15) is 19.5 Å². The molecule has 0 aromatic heterocycles. The maximum Gasteiger partial charge on any atom is 0.313 e. The molecule has 1 unspecified atom stereocenters. The van der Waals surface area contributed by atoms with Crippen LogP contribution in [0.4, 0.5) is 5.69 Å². The molecule has 198 valence electrons. The van der Waals surface area contributed by atoms with Crippen LogP contribution in [-0.2, 0) is 23.9 Å². The predicted molar refractivity (Wildman–Crippen MR) is 135 cm³/mol.